The van der Waals surface area contributed by atoms with Gasteiger partial charge in [-0.2, -0.15) is 8.42 Å². The first-order valence-electron chi connectivity index (χ1n) is 11.0. The van der Waals surface area contributed by atoms with E-state index in [1.165, 1.54) is 57.8 Å². The minimum Gasteiger partial charge on any atom is -0.394 e. The molecule has 0 aliphatic heterocycles. The fourth-order valence-corrected chi connectivity index (χ4v) is 3.47. The molecule has 176 valence electrons. The van der Waals surface area contributed by atoms with Crippen LogP contribution in [0.25, 0.3) is 0 Å². The van der Waals surface area contributed by atoms with Crippen LogP contribution < -0.4 is 6.15 Å². The lowest BCUT2D eigenvalue weighted by molar-refractivity contribution is 0.0487. The molecule has 0 aliphatic rings. The monoisotopic (exact) mass is 439 g/mol. The molecule has 0 amide bonds. The summed E-state index contributed by atoms with van der Waals surface area (Å²) in [5, 5.41) is 17.6. The van der Waals surface area contributed by atoms with Crippen LogP contribution in [-0.2, 0) is 18.8 Å². The maximum Gasteiger partial charge on any atom is 0.399 e. The van der Waals surface area contributed by atoms with Gasteiger partial charge in [0.1, 0.15) is 6.10 Å². The van der Waals surface area contributed by atoms with Crippen LogP contribution in [0.2, 0.25) is 0 Å². The fourth-order valence-electron chi connectivity index (χ4n) is 2.76. The largest absolute Gasteiger partial charge is 0.399 e. The number of hydrogen-bond acceptors (Lipinski definition) is 7. The van der Waals surface area contributed by atoms with Crippen LogP contribution in [0.15, 0.2) is 12.2 Å². The van der Waals surface area contributed by atoms with Crippen LogP contribution in [0.1, 0.15) is 96.8 Å². The fraction of sp³-hybridized carbons (Fsp3) is 0.905. The summed E-state index contributed by atoms with van der Waals surface area (Å²) in [5.41, 5.74) is 0. The summed E-state index contributed by atoms with van der Waals surface area (Å²) in [5.74, 6) is 0. The Balaban J connectivity index is 0. The first kappa shape index (κ1) is 30.7. The van der Waals surface area contributed by atoms with Gasteiger partial charge < -0.3 is 16.4 Å². The van der Waals surface area contributed by atoms with Gasteiger partial charge in [-0.15, -0.1) is 0 Å². The van der Waals surface area contributed by atoms with Gasteiger partial charge in [-0.25, -0.2) is 8.37 Å². The van der Waals surface area contributed by atoms with Crippen molar-refractivity contribution in [2.24, 2.45) is 0 Å². The molecule has 8 heteroatoms. The average Bonchev–Trinajstić information content (AvgIpc) is 2.68. The van der Waals surface area contributed by atoms with Crippen molar-refractivity contribution in [1.29, 1.82) is 0 Å². The number of aliphatic hydroxyl groups excluding tert-OH is 2. The zero-order valence-corrected chi connectivity index (χ0v) is 19.2. The van der Waals surface area contributed by atoms with Gasteiger partial charge in [0.05, 0.1) is 19.8 Å². The highest BCUT2D eigenvalue weighted by Crippen LogP contribution is 2.10. The molecule has 0 aliphatic carbocycles. The molecule has 0 saturated carbocycles. The van der Waals surface area contributed by atoms with Gasteiger partial charge in [-0.05, 0) is 32.1 Å². The summed E-state index contributed by atoms with van der Waals surface area (Å²) in [4.78, 5) is 0. The summed E-state index contributed by atoms with van der Waals surface area (Å²) in [7, 11) is -4.09. The Morgan fingerprint density at radius 1 is 0.793 bits per heavy atom. The maximum absolute atomic E-state index is 11.4. The molecule has 0 bridgehead atoms. The van der Waals surface area contributed by atoms with E-state index in [1.54, 1.807) is 0 Å². The van der Waals surface area contributed by atoms with Crippen LogP contribution in [0.3, 0.4) is 0 Å². The van der Waals surface area contributed by atoms with Crippen molar-refractivity contribution in [3.05, 3.63) is 12.2 Å². The highest BCUT2D eigenvalue weighted by molar-refractivity contribution is 7.81. The van der Waals surface area contributed by atoms with Gasteiger partial charge in [0.15, 0.2) is 0 Å². The summed E-state index contributed by atoms with van der Waals surface area (Å²) in [6.45, 7) is 1.28. The van der Waals surface area contributed by atoms with Crippen molar-refractivity contribution < 1.29 is 27.0 Å². The number of hydrogen-bond donors (Lipinski definition) is 3. The third kappa shape index (κ3) is 23.6. The number of allylic oxidation sites excluding steroid dienone is 2. The first-order chi connectivity index (χ1) is 13.5. The zero-order chi connectivity index (χ0) is 20.9. The molecule has 0 aromatic rings. The Morgan fingerprint density at radius 2 is 1.28 bits per heavy atom. The van der Waals surface area contributed by atoms with Gasteiger partial charge in [-0.3, -0.25) is 0 Å². The number of rotatable bonds is 21. The molecule has 1 unspecified atom stereocenters. The van der Waals surface area contributed by atoms with E-state index in [2.05, 4.69) is 23.3 Å². The lowest BCUT2D eigenvalue weighted by atomic mass is 10.1. The second-order valence-electron chi connectivity index (χ2n) is 7.29. The van der Waals surface area contributed by atoms with Crippen LogP contribution in [0.5, 0.6) is 0 Å². The Kier molecular flexibility index (Phi) is 23.5. The van der Waals surface area contributed by atoms with Crippen LogP contribution >= 0.6 is 0 Å². The highest BCUT2D eigenvalue weighted by Gasteiger charge is 2.14. The quantitative estimate of drug-likeness (QED) is 0.173. The van der Waals surface area contributed by atoms with Gasteiger partial charge in [0.2, 0.25) is 0 Å². The van der Waals surface area contributed by atoms with Crippen molar-refractivity contribution in [3.63, 3.8) is 0 Å². The Morgan fingerprint density at radius 3 is 1.79 bits per heavy atom. The average molecular weight is 440 g/mol. The minimum absolute atomic E-state index is 0. The Labute approximate surface area is 178 Å². The summed E-state index contributed by atoms with van der Waals surface area (Å²) >= 11 is 0. The Bertz CT molecular complexity index is 456. The molecule has 0 aromatic carbocycles. The molecule has 1 atom stereocenters. The third-order valence-corrected chi connectivity index (χ3v) is 5.38. The predicted octanol–water partition coefficient (Wildman–Crippen LogP) is 4.82. The molecular weight excluding hydrogens is 394 g/mol. The topological polar surface area (TPSA) is 128 Å². The molecule has 0 rings (SSSR count). The SMILES string of the molecule is CCCCCCCCC=CCCCCCCCCOS(=O)(=O)OCC(O)CO.N. The van der Waals surface area contributed by atoms with E-state index >= 15 is 0 Å². The lowest BCUT2D eigenvalue weighted by Crippen LogP contribution is -2.23. The molecule has 7 nitrogen and oxygen atoms in total. The molecule has 0 spiro atoms. The standard InChI is InChI=1S/C21H42O6S.H3N/c1-2-3-4-5-6-7-8-9-10-11-12-13-14-15-16-17-18-26-28(24,25)27-20-21(23)19-22;/h9-10,21-23H,2-8,11-20H2,1H3;1H3. The highest BCUT2D eigenvalue weighted by atomic mass is 32.3. The van der Waals surface area contributed by atoms with Gasteiger partial charge in [-0.1, -0.05) is 76.9 Å². The second kappa shape index (κ2) is 22.2. The van der Waals surface area contributed by atoms with Crippen molar-refractivity contribution in [3.8, 4) is 0 Å². The molecule has 0 heterocycles. The van der Waals surface area contributed by atoms with Gasteiger partial charge in [0, 0.05) is 0 Å². The van der Waals surface area contributed by atoms with E-state index in [0.29, 0.717) is 6.42 Å². The zero-order valence-electron chi connectivity index (χ0n) is 18.4. The molecular formula is C21H45NO6S. The van der Waals surface area contributed by atoms with E-state index in [4.69, 9.17) is 14.4 Å². The van der Waals surface area contributed by atoms with Crippen LogP contribution in [-0.4, -0.2) is 44.6 Å². The van der Waals surface area contributed by atoms with E-state index in [9.17, 15) is 8.42 Å². The second-order valence-corrected chi connectivity index (χ2v) is 8.58. The summed E-state index contributed by atoms with van der Waals surface area (Å²) in [6, 6.07) is 0. The first-order valence-corrected chi connectivity index (χ1v) is 12.3. The normalized spacial score (nSPS) is 12.9. The molecule has 0 fully saturated rings. The number of aliphatic hydroxyl groups is 2. The van der Waals surface area contributed by atoms with E-state index in [1.807, 2.05) is 0 Å². The Hall–Kier alpha value is -0.510. The predicted molar refractivity (Wildman–Crippen MR) is 118 cm³/mol. The van der Waals surface area contributed by atoms with E-state index in [0.717, 1.165) is 25.7 Å². The molecule has 0 radical (unpaired) electrons. The molecule has 5 N–H and O–H groups in total. The molecule has 29 heavy (non-hydrogen) atoms. The molecule has 0 aromatic heterocycles. The number of unbranched alkanes of at least 4 members (excludes halogenated alkanes) is 12. The summed E-state index contributed by atoms with van der Waals surface area (Å²) in [6.07, 6.45) is 20.0. The van der Waals surface area contributed by atoms with Crippen molar-refractivity contribution in [1.82, 2.24) is 6.15 Å². The van der Waals surface area contributed by atoms with Crippen molar-refractivity contribution >= 4 is 10.4 Å². The van der Waals surface area contributed by atoms with Crippen LogP contribution in [0.4, 0.5) is 0 Å². The van der Waals surface area contributed by atoms with E-state index < -0.39 is 29.7 Å². The van der Waals surface area contributed by atoms with Gasteiger partial charge in [0.25, 0.3) is 0 Å². The van der Waals surface area contributed by atoms with Crippen molar-refractivity contribution in [2.75, 3.05) is 19.8 Å². The van der Waals surface area contributed by atoms with Gasteiger partial charge >= 0.3 is 10.4 Å². The maximum atomic E-state index is 11.4. The van der Waals surface area contributed by atoms with Crippen molar-refractivity contribution in [2.45, 2.75) is 103 Å². The van der Waals surface area contributed by atoms with E-state index in [-0.39, 0.29) is 12.8 Å². The van der Waals surface area contributed by atoms with Crippen LogP contribution in [0, 0.1) is 0 Å². The summed E-state index contributed by atoms with van der Waals surface area (Å²) < 4.78 is 31.9. The smallest absolute Gasteiger partial charge is 0.394 e. The minimum atomic E-state index is -4.09. The third-order valence-electron chi connectivity index (χ3n) is 4.50. The molecule has 0 saturated heterocycles. The lowest BCUT2D eigenvalue weighted by Gasteiger charge is -2.08.